The highest BCUT2D eigenvalue weighted by Crippen LogP contribution is 2.18. The van der Waals surface area contributed by atoms with Gasteiger partial charge < -0.3 is 11.1 Å². The third-order valence-electron chi connectivity index (χ3n) is 2.17. The Kier molecular flexibility index (Phi) is 2.67. The number of thiazole rings is 1. The lowest BCUT2D eigenvalue weighted by molar-refractivity contribution is 0.879. The van der Waals surface area contributed by atoms with Crippen LogP contribution in [0.2, 0.25) is 0 Å². The molecular formula is C9H14N4S. The van der Waals surface area contributed by atoms with Gasteiger partial charge in [-0.2, -0.15) is 0 Å². The first kappa shape index (κ1) is 9.45. The summed E-state index contributed by atoms with van der Waals surface area (Å²) in [6.07, 6.45) is 2.44. The van der Waals surface area contributed by atoms with Crippen LogP contribution in [0.5, 0.6) is 0 Å². The van der Waals surface area contributed by atoms with E-state index in [1.54, 1.807) is 11.3 Å². The van der Waals surface area contributed by atoms with Crippen LogP contribution in [0.15, 0.2) is 10.5 Å². The molecule has 4 nitrogen and oxygen atoms in total. The molecule has 1 aromatic rings. The van der Waals surface area contributed by atoms with E-state index >= 15 is 0 Å². The Balaban J connectivity index is 1.88. The van der Waals surface area contributed by atoms with E-state index in [0.29, 0.717) is 18.5 Å². The summed E-state index contributed by atoms with van der Waals surface area (Å²) in [6.45, 7) is 2.63. The minimum Gasteiger partial charge on any atom is -0.370 e. The fourth-order valence-corrected chi connectivity index (χ4v) is 1.82. The molecule has 0 saturated heterocycles. The quantitative estimate of drug-likeness (QED) is 0.578. The molecule has 0 amide bonds. The van der Waals surface area contributed by atoms with E-state index in [1.165, 1.54) is 17.7 Å². The first-order valence-corrected chi connectivity index (χ1v) is 5.59. The standard InChI is InChI=1S/C9H14N4S/c1-6-8(14-5-12-6)4-11-9(10)13-7-2-3-7/h5,7H,2-4H2,1H3,(H3,10,11,13). The number of aryl methyl sites for hydroxylation is 1. The molecule has 1 saturated carbocycles. The van der Waals surface area contributed by atoms with Crippen molar-refractivity contribution in [1.82, 2.24) is 10.3 Å². The van der Waals surface area contributed by atoms with Crippen LogP contribution in [0.1, 0.15) is 23.4 Å². The summed E-state index contributed by atoms with van der Waals surface area (Å²) in [5.74, 6) is 0.556. The second kappa shape index (κ2) is 3.96. The van der Waals surface area contributed by atoms with Gasteiger partial charge >= 0.3 is 0 Å². The molecule has 3 N–H and O–H groups in total. The van der Waals surface area contributed by atoms with Crippen LogP contribution in [0.3, 0.4) is 0 Å². The van der Waals surface area contributed by atoms with Gasteiger partial charge in [-0.15, -0.1) is 11.3 Å². The number of nitrogens with two attached hydrogens (primary N) is 1. The second-order valence-electron chi connectivity index (χ2n) is 3.48. The number of aromatic nitrogens is 1. The monoisotopic (exact) mass is 210 g/mol. The van der Waals surface area contributed by atoms with Crippen molar-refractivity contribution in [1.29, 1.82) is 0 Å². The number of nitrogens with zero attached hydrogens (tertiary/aromatic N) is 2. The highest BCUT2D eigenvalue weighted by molar-refractivity contribution is 7.09. The number of rotatable bonds is 3. The molecular weight excluding hydrogens is 196 g/mol. The number of nitrogens with one attached hydrogen (secondary N) is 1. The average molecular weight is 210 g/mol. The minimum atomic E-state index is 0.556. The zero-order valence-electron chi connectivity index (χ0n) is 8.16. The molecule has 14 heavy (non-hydrogen) atoms. The first-order chi connectivity index (χ1) is 6.75. The van der Waals surface area contributed by atoms with Crippen LogP contribution >= 0.6 is 11.3 Å². The molecule has 5 heteroatoms. The molecule has 0 atom stereocenters. The van der Waals surface area contributed by atoms with Crippen molar-refractivity contribution in [2.75, 3.05) is 0 Å². The summed E-state index contributed by atoms with van der Waals surface area (Å²) in [5.41, 5.74) is 8.60. The Labute approximate surface area is 87.3 Å². The van der Waals surface area contributed by atoms with Gasteiger partial charge in [0.05, 0.1) is 17.7 Å². The second-order valence-corrected chi connectivity index (χ2v) is 4.42. The normalized spacial score (nSPS) is 17.1. The van der Waals surface area contributed by atoms with Gasteiger partial charge in [0.25, 0.3) is 0 Å². The summed E-state index contributed by atoms with van der Waals surface area (Å²) in [4.78, 5) is 9.60. The molecule has 2 rings (SSSR count). The van der Waals surface area contributed by atoms with Crippen LogP contribution in [0.25, 0.3) is 0 Å². The van der Waals surface area contributed by atoms with Crippen LogP contribution < -0.4 is 11.1 Å². The SMILES string of the molecule is Cc1ncsc1CN=C(N)NC1CC1. The van der Waals surface area contributed by atoms with Gasteiger partial charge in [0, 0.05) is 10.9 Å². The topological polar surface area (TPSA) is 63.3 Å². The minimum absolute atomic E-state index is 0.556. The van der Waals surface area contributed by atoms with E-state index in [1.807, 2.05) is 12.4 Å². The van der Waals surface area contributed by atoms with Crippen molar-refractivity contribution in [3.63, 3.8) is 0 Å². The molecule has 1 aliphatic rings. The molecule has 0 radical (unpaired) electrons. The van der Waals surface area contributed by atoms with Gasteiger partial charge in [-0.05, 0) is 19.8 Å². The molecule has 0 spiro atoms. The molecule has 0 aromatic carbocycles. The van der Waals surface area contributed by atoms with Crippen LogP contribution in [0.4, 0.5) is 0 Å². The predicted molar refractivity (Wildman–Crippen MR) is 58.3 cm³/mol. The van der Waals surface area contributed by atoms with Gasteiger partial charge in [0.15, 0.2) is 5.96 Å². The summed E-state index contributed by atoms with van der Waals surface area (Å²) >= 11 is 1.62. The third kappa shape index (κ3) is 2.45. The third-order valence-corrected chi connectivity index (χ3v) is 3.09. The number of hydrogen-bond acceptors (Lipinski definition) is 3. The van der Waals surface area contributed by atoms with Gasteiger partial charge in [0.2, 0.25) is 0 Å². The highest BCUT2D eigenvalue weighted by atomic mass is 32.1. The van der Waals surface area contributed by atoms with Gasteiger partial charge in [-0.25, -0.2) is 9.98 Å². The summed E-state index contributed by atoms with van der Waals surface area (Å²) in [5, 5.41) is 3.15. The van der Waals surface area contributed by atoms with E-state index < -0.39 is 0 Å². The summed E-state index contributed by atoms with van der Waals surface area (Å²) in [6, 6.07) is 0.571. The van der Waals surface area contributed by atoms with E-state index in [2.05, 4.69) is 15.3 Å². The Morgan fingerprint density at radius 2 is 2.57 bits per heavy atom. The van der Waals surface area contributed by atoms with Crippen molar-refractivity contribution in [3.05, 3.63) is 16.1 Å². The zero-order valence-corrected chi connectivity index (χ0v) is 8.97. The molecule has 0 aliphatic heterocycles. The molecule has 0 bridgehead atoms. The summed E-state index contributed by atoms with van der Waals surface area (Å²) < 4.78 is 0. The average Bonchev–Trinajstić information content (AvgIpc) is 2.86. The number of guanidine groups is 1. The highest BCUT2D eigenvalue weighted by Gasteiger charge is 2.21. The number of aliphatic imine (C=N–C) groups is 1. The Morgan fingerprint density at radius 3 is 3.14 bits per heavy atom. The molecule has 1 aliphatic carbocycles. The smallest absolute Gasteiger partial charge is 0.189 e. The van der Waals surface area contributed by atoms with Gasteiger partial charge in [-0.3, -0.25) is 0 Å². The maximum absolute atomic E-state index is 5.70. The predicted octanol–water partition coefficient (Wildman–Crippen LogP) is 1.02. The van der Waals surface area contributed by atoms with E-state index in [9.17, 15) is 0 Å². The van der Waals surface area contributed by atoms with Crippen LogP contribution in [-0.4, -0.2) is 17.0 Å². The molecule has 1 heterocycles. The van der Waals surface area contributed by atoms with Crippen LogP contribution in [-0.2, 0) is 6.54 Å². The fraction of sp³-hybridized carbons (Fsp3) is 0.556. The maximum Gasteiger partial charge on any atom is 0.189 e. The fourth-order valence-electron chi connectivity index (χ4n) is 1.12. The van der Waals surface area contributed by atoms with E-state index in [4.69, 9.17) is 5.73 Å². The van der Waals surface area contributed by atoms with Crippen molar-refractivity contribution in [2.24, 2.45) is 10.7 Å². The van der Waals surface area contributed by atoms with Gasteiger partial charge in [0.1, 0.15) is 0 Å². The Hall–Kier alpha value is -1.10. The van der Waals surface area contributed by atoms with E-state index in [0.717, 1.165) is 5.69 Å². The van der Waals surface area contributed by atoms with Crippen LogP contribution in [0, 0.1) is 6.92 Å². The lowest BCUT2D eigenvalue weighted by atomic mass is 10.4. The van der Waals surface area contributed by atoms with Crippen molar-refractivity contribution in [2.45, 2.75) is 32.4 Å². The Bertz CT molecular complexity index is 340. The van der Waals surface area contributed by atoms with Crippen molar-refractivity contribution < 1.29 is 0 Å². The maximum atomic E-state index is 5.70. The molecule has 1 fully saturated rings. The molecule has 0 unspecified atom stereocenters. The van der Waals surface area contributed by atoms with Crippen molar-refractivity contribution in [3.8, 4) is 0 Å². The molecule has 76 valence electrons. The first-order valence-electron chi connectivity index (χ1n) is 4.71. The van der Waals surface area contributed by atoms with E-state index in [-0.39, 0.29) is 0 Å². The summed E-state index contributed by atoms with van der Waals surface area (Å²) in [7, 11) is 0. The Morgan fingerprint density at radius 1 is 1.79 bits per heavy atom. The zero-order chi connectivity index (χ0) is 9.97. The lowest BCUT2D eigenvalue weighted by Gasteiger charge is -2.01. The number of hydrogen-bond donors (Lipinski definition) is 2. The van der Waals surface area contributed by atoms with Crippen molar-refractivity contribution >= 4 is 17.3 Å². The molecule has 1 aromatic heterocycles. The largest absolute Gasteiger partial charge is 0.370 e. The van der Waals surface area contributed by atoms with Gasteiger partial charge in [-0.1, -0.05) is 0 Å². The lowest BCUT2D eigenvalue weighted by Crippen LogP contribution is -2.33.